The van der Waals surface area contributed by atoms with Crippen LogP contribution in [0.5, 0.6) is 0 Å². The Balaban J connectivity index is 1.76. The van der Waals surface area contributed by atoms with Gasteiger partial charge in [-0.3, -0.25) is 9.48 Å². The second-order valence-corrected chi connectivity index (χ2v) is 5.95. The Hall–Kier alpha value is -3.41. The van der Waals surface area contributed by atoms with Gasteiger partial charge < -0.3 is 10.0 Å². The van der Waals surface area contributed by atoms with Crippen LogP contribution in [0.15, 0.2) is 73.1 Å². The topological polar surface area (TPSA) is 75.4 Å². The van der Waals surface area contributed by atoms with Gasteiger partial charge in [0.15, 0.2) is 0 Å². The average molecular weight is 349 g/mol. The molecule has 0 spiro atoms. The smallest absolute Gasteiger partial charge is 0.338 e. The molecule has 0 bridgehead atoms. The molecule has 1 N–H and O–H groups in total. The molecule has 0 aliphatic heterocycles. The van der Waals surface area contributed by atoms with Crippen molar-refractivity contribution in [3.63, 3.8) is 0 Å². The predicted octanol–water partition coefficient (Wildman–Crippen LogP) is 2.81. The molecule has 0 radical (unpaired) electrons. The number of amides is 1. The predicted molar refractivity (Wildman–Crippen MR) is 96.3 cm³/mol. The molecule has 26 heavy (non-hydrogen) atoms. The van der Waals surface area contributed by atoms with E-state index in [9.17, 15) is 9.59 Å². The van der Waals surface area contributed by atoms with Crippen LogP contribution in [0.1, 0.15) is 21.5 Å². The van der Waals surface area contributed by atoms with Crippen LogP contribution >= 0.6 is 0 Å². The molecular weight excluding hydrogens is 330 g/mol. The van der Waals surface area contributed by atoms with Crippen LogP contribution in [0, 0.1) is 0 Å². The third-order valence-electron chi connectivity index (χ3n) is 3.96. The Labute approximate surface area is 151 Å². The fourth-order valence-electron chi connectivity index (χ4n) is 2.64. The number of nitrogens with zero attached hydrogens (tertiary/aromatic N) is 3. The minimum Gasteiger partial charge on any atom is -0.478 e. The summed E-state index contributed by atoms with van der Waals surface area (Å²) in [7, 11) is 0. The van der Waals surface area contributed by atoms with Gasteiger partial charge in [0.1, 0.15) is 6.54 Å². The molecule has 2 aromatic carbocycles. The lowest BCUT2D eigenvalue weighted by Gasteiger charge is -2.23. The van der Waals surface area contributed by atoms with Crippen molar-refractivity contribution in [3.8, 4) is 0 Å². The van der Waals surface area contributed by atoms with Gasteiger partial charge in [0, 0.05) is 19.3 Å². The lowest BCUT2D eigenvalue weighted by molar-refractivity contribution is -0.133. The summed E-state index contributed by atoms with van der Waals surface area (Å²) >= 11 is 0. The zero-order valence-corrected chi connectivity index (χ0v) is 14.2. The summed E-state index contributed by atoms with van der Waals surface area (Å²) in [6.45, 7) is 0.941. The first-order chi connectivity index (χ1) is 12.6. The van der Waals surface area contributed by atoms with Crippen molar-refractivity contribution in [1.29, 1.82) is 0 Å². The lowest BCUT2D eigenvalue weighted by atomic mass is 10.1. The van der Waals surface area contributed by atoms with Crippen molar-refractivity contribution in [3.05, 3.63) is 89.7 Å². The molecule has 0 unspecified atom stereocenters. The molecular formula is C20H19N3O3. The summed E-state index contributed by atoms with van der Waals surface area (Å²) in [6, 6.07) is 19.5. The van der Waals surface area contributed by atoms with Gasteiger partial charge in [-0.2, -0.15) is 5.10 Å². The highest BCUT2D eigenvalue weighted by atomic mass is 16.4. The van der Waals surface area contributed by atoms with E-state index in [0.717, 1.165) is 11.1 Å². The highest BCUT2D eigenvalue weighted by Crippen LogP contribution is 2.11. The summed E-state index contributed by atoms with van der Waals surface area (Å²) in [5.74, 6) is -1.19. The zero-order chi connectivity index (χ0) is 18.4. The van der Waals surface area contributed by atoms with Gasteiger partial charge in [0.05, 0.1) is 11.8 Å². The Bertz CT molecular complexity index is 834. The number of carbonyl (C=O) groups is 2. The molecule has 6 heteroatoms. The van der Waals surface area contributed by atoms with Crippen molar-refractivity contribution >= 4 is 11.9 Å². The highest BCUT2D eigenvalue weighted by molar-refractivity contribution is 5.87. The first kappa shape index (κ1) is 17.4. The zero-order valence-electron chi connectivity index (χ0n) is 14.2. The molecule has 0 saturated heterocycles. The molecule has 3 aromatic rings. The van der Waals surface area contributed by atoms with Gasteiger partial charge in [-0.25, -0.2) is 4.79 Å². The fraction of sp³-hybridized carbons (Fsp3) is 0.150. The van der Waals surface area contributed by atoms with Crippen molar-refractivity contribution in [1.82, 2.24) is 14.7 Å². The minimum absolute atomic E-state index is 0.00700. The Kier molecular flexibility index (Phi) is 5.43. The van der Waals surface area contributed by atoms with Crippen LogP contribution in [-0.2, 0) is 24.4 Å². The Morgan fingerprint density at radius 2 is 1.46 bits per heavy atom. The number of aromatic carboxylic acids is 1. The number of hydrogen-bond donors (Lipinski definition) is 1. The minimum atomic E-state index is -1.06. The van der Waals surface area contributed by atoms with Gasteiger partial charge in [0.25, 0.3) is 0 Å². The fourth-order valence-corrected chi connectivity index (χ4v) is 2.64. The number of carboxylic acids is 1. The van der Waals surface area contributed by atoms with E-state index in [1.807, 2.05) is 60.7 Å². The van der Waals surface area contributed by atoms with E-state index in [-0.39, 0.29) is 18.0 Å². The van der Waals surface area contributed by atoms with Crippen LogP contribution in [0.4, 0.5) is 0 Å². The summed E-state index contributed by atoms with van der Waals surface area (Å²) in [5, 5.41) is 12.9. The maximum absolute atomic E-state index is 12.8. The standard InChI is InChI=1S/C20H19N3O3/c24-19(15-23-14-18(11-21-23)20(25)26)22(12-16-7-3-1-4-8-16)13-17-9-5-2-6-10-17/h1-11,14H,12-13,15H2,(H,25,26). The molecule has 0 atom stereocenters. The van der Waals surface area contributed by atoms with E-state index in [1.165, 1.54) is 17.1 Å². The van der Waals surface area contributed by atoms with Crippen LogP contribution in [0.2, 0.25) is 0 Å². The van der Waals surface area contributed by atoms with E-state index in [0.29, 0.717) is 13.1 Å². The SMILES string of the molecule is O=C(O)c1cnn(CC(=O)N(Cc2ccccc2)Cc2ccccc2)c1. The van der Waals surface area contributed by atoms with Gasteiger partial charge >= 0.3 is 5.97 Å². The van der Waals surface area contributed by atoms with E-state index in [4.69, 9.17) is 5.11 Å². The molecule has 132 valence electrons. The molecule has 1 aromatic heterocycles. The van der Waals surface area contributed by atoms with Crippen molar-refractivity contribution in [2.24, 2.45) is 0 Å². The molecule has 0 aliphatic carbocycles. The summed E-state index contributed by atoms with van der Waals surface area (Å²) < 4.78 is 1.36. The van der Waals surface area contributed by atoms with Gasteiger partial charge in [-0.15, -0.1) is 0 Å². The summed E-state index contributed by atoms with van der Waals surface area (Å²) in [5.41, 5.74) is 2.13. The van der Waals surface area contributed by atoms with Gasteiger partial charge in [-0.05, 0) is 11.1 Å². The quantitative estimate of drug-likeness (QED) is 0.712. The maximum atomic E-state index is 12.8. The largest absolute Gasteiger partial charge is 0.478 e. The van der Waals surface area contributed by atoms with E-state index >= 15 is 0 Å². The number of benzene rings is 2. The molecule has 1 heterocycles. The molecule has 3 rings (SSSR count). The molecule has 0 fully saturated rings. The molecule has 0 aliphatic rings. The lowest BCUT2D eigenvalue weighted by Crippen LogP contribution is -2.33. The van der Waals surface area contributed by atoms with Crippen molar-refractivity contribution in [2.45, 2.75) is 19.6 Å². The highest BCUT2D eigenvalue weighted by Gasteiger charge is 2.16. The first-order valence-electron chi connectivity index (χ1n) is 8.23. The van der Waals surface area contributed by atoms with E-state index < -0.39 is 5.97 Å². The summed E-state index contributed by atoms with van der Waals surface area (Å²) in [6.07, 6.45) is 2.61. The number of hydrogen-bond acceptors (Lipinski definition) is 3. The van der Waals surface area contributed by atoms with Crippen molar-refractivity contribution in [2.75, 3.05) is 0 Å². The average Bonchev–Trinajstić information content (AvgIpc) is 3.12. The van der Waals surface area contributed by atoms with Crippen LogP contribution in [0.3, 0.4) is 0 Å². The van der Waals surface area contributed by atoms with Crippen molar-refractivity contribution < 1.29 is 14.7 Å². The number of rotatable bonds is 7. The van der Waals surface area contributed by atoms with Crippen LogP contribution < -0.4 is 0 Å². The Morgan fingerprint density at radius 3 is 1.92 bits per heavy atom. The number of carbonyl (C=O) groups excluding carboxylic acids is 1. The maximum Gasteiger partial charge on any atom is 0.338 e. The number of carboxylic acid groups (broad SMARTS) is 1. The third-order valence-corrected chi connectivity index (χ3v) is 3.96. The third kappa shape index (κ3) is 4.57. The number of aromatic nitrogens is 2. The molecule has 0 saturated carbocycles. The van der Waals surface area contributed by atoms with E-state index in [2.05, 4.69) is 5.10 Å². The molecule has 6 nitrogen and oxygen atoms in total. The monoisotopic (exact) mass is 349 g/mol. The summed E-state index contributed by atoms with van der Waals surface area (Å²) in [4.78, 5) is 25.5. The second-order valence-electron chi connectivity index (χ2n) is 5.95. The normalized spacial score (nSPS) is 10.5. The van der Waals surface area contributed by atoms with Gasteiger partial charge in [0.2, 0.25) is 5.91 Å². The first-order valence-corrected chi connectivity index (χ1v) is 8.23. The Morgan fingerprint density at radius 1 is 0.923 bits per heavy atom. The second kappa shape index (κ2) is 8.11. The van der Waals surface area contributed by atoms with Crippen LogP contribution in [0.25, 0.3) is 0 Å². The molecule has 1 amide bonds. The van der Waals surface area contributed by atoms with E-state index in [1.54, 1.807) is 4.90 Å². The van der Waals surface area contributed by atoms with Crippen LogP contribution in [-0.4, -0.2) is 31.7 Å². The van der Waals surface area contributed by atoms with Gasteiger partial charge in [-0.1, -0.05) is 60.7 Å².